The molecule has 0 atom stereocenters. The number of hydrogen-bond acceptors (Lipinski definition) is 3. The number of nitrogens with one attached hydrogen (secondary N) is 1. The van der Waals surface area contributed by atoms with E-state index in [1.54, 1.807) is 0 Å². The second kappa shape index (κ2) is 10.5. The summed E-state index contributed by atoms with van der Waals surface area (Å²) in [5.41, 5.74) is 5.30. The number of amides is 1. The molecule has 3 N–H and O–H groups in total. The summed E-state index contributed by atoms with van der Waals surface area (Å²) in [5.74, 6) is 0.0973. The van der Waals surface area contributed by atoms with Gasteiger partial charge in [0, 0.05) is 19.7 Å². The highest BCUT2D eigenvalue weighted by Crippen LogP contribution is 2.32. The molecule has 0 saturated heterocycles. The average molecular weight is 335 g/mol. The van der Waals surface area contributed by atoms with Crippen LogP contribution in [0.1, 0.15) is 72.1 Å². The van der Waals surface area contributed by atoms with E-state index < -0.39 is 5.41 Å². The minimum atomic E-state index is -0.416. The molecule has 0 aliphatic heterocycles. The van der Waals surface area contributed by atoms with Crippen LogP contribution in [0.15, 0.2) is 0 Å². The summed E-state index contributed by atoms with van der Waals surface area (Å²) in [7, 11) is 0. The number of carbonyl (C=O) groups excluding carboxylic acids is 1. The van der Waals surface area contributed by atoms with Crippen molar-refractivity contribution in [3.8, 4) is 0 Å². The lowest BCUT2D eigenvalue weighted by atomic mass is 9.80. The first kappa shape index (κ1) is 21.7. The van der Waals surface area contributed by atoms with Gasteiger partial charge < -0.3 is 15.8 Å². The molecule has 0 bridgehead atoms. The zero-order chi connectivity index (χ0) is 15.8. The molecule has 0 spiro atoms. The number of hydrogen-bond donors (Lipinski definition) is 2. The Morgan fingerprint density at radius 1 is 1.18 bits per heavy atom. The molecule has 1 rings (SSSR count). The molecule has 5 heteroatoms. The summed E-state index contributed by atoms with van der Waals surface area (Å²) in [6.45, 7) is 8.03. The molecule has 1 fully saturated rings. The van der Waals surface area contributed by atoms with Gasteiger partial charge in [0.1, 0.15) is 0 Å². The Kier molecular flexibility index (Phi) is 10.3. The summed E-state index contributed by atoms with van der Waals surface area (Å²) in [6, 6.07) is 0. The summed E-state index contributed by atoms with van der Waals surface area (Å²) < 4.78 is 6.14. The average Bonchev–Trinajstić information content (AvgIpc) is 2.54. The van der Waals surface area contributed by atoms with Gasteiger partial charge in [-0.2, -0.15) is 0 Å². The van der Waals surface area contributed by atoms with Crippen LogP contribution >= 0.6 is 12.4 Å². The lowest BCUT2D eigenvalue weighted by Crippen LogP contribution is -2.52. The molecule has 22 heavy (non-hydrogen) atoms. The van der Waals surface area contributed by atoms with Gasteiger partial charge in [0.2, 0.25) is 5.91 Å². The number of ether oxygens (including phenoxy) is 1. The van der Waals surface area contributed by atoms with E-state index in [0.717, 1.165) is 38.7 Å². The largest absolute Gasteiger partial charge is 0.373 e. The summed E-state index contributed by atoms with van der Waals surface area (Å²) >= 11 is 0. The minimum absolute atomic E-state index is 0. The number of nitrogens with two attached hydrogens (primary N) is 1. The van der Waals surface area contributed by atoms with Crippen molar-refractivity contribution in [2.45, 2.75) is 77.7 Å². The number of carbonyl (C=O) groups is 1. The van der Waals surface area contributed by atoms with Crippen LogP contribution in [0.3, 0.4) is 0 Å². The summed E-state index contributed by atoms with van der Waals surface area (Å²) in [5, 5.41) is 3.15. The van der Waals surface area contributed by atoms with Crippen LogP contribution in [0.2, 0.25) is 0 Å². The third kappa shape index (κ3) is 5.39. The molecule has 0 aromatic rings. The topological polar surface area (TPSA) is 64.3 Å². The molecule has 0 aromatic heterocycles. The minimum Gasteiger partial charge on any atom is -0.373 e. The third-order valence-electron chi connectivity index (χ3n) is 5.17. The zero-order valence-corrected chi connectivity index (χ0v) is 15.4. The highest BCUT2D eigenvalue weighted by molar-refractivity contribution is 5.85. The van der Waals surface area contributed by atoms with Gasteiger partial charge in [0.15, 0.2) is 0 Å². The van der Waals surface area contributed by atoms with Crippen LogP contribution in [-0.2, 0) is 9.53 Å². The van der Waals surface area contributed by atoms with Gasteiger partial charge in [0.05, 0.1) is 11.0 Å². The van der Waals surface area contributed by atoms with E-state index in [-0.39, 0.29) is 23.9 Å². The first-order valence-electron chi connectivity index (χ1n) is 8.70. The Morgan fingerprint density at radius 3 is 2.23 bits per heavy atom. The van der Waals surface area contributed by atoms with Gasteiger partial charge in [-0.1, -0.05) is 40.0 Å². The monoisotopic (exact) mass is 334 g/mol. The van der Waals surface area contributed by atoms with Crippen LogP contribution in [0.25, 0.3) is 0 Å². The van der Waals surface area contributed by atoms with Crippen LogP contribution in [0, 0.1) is 5.41 Å². The Labute approximate surface area is 142 Å². The summed E-state index contributed by atoms with van der Waals surface area (Å²) in [6.07, 6.45) is 8.38. The smallest absolute Gasteiger partial charge is 0.227 e. The van der Waals surface area contributed by atoms with Gasteiger partial charge >= 0.3 is 0 Å². The molecule has 0 unspecified atom stereocenters. The maximum Gasteiger partial charge on any atom is 0.227 e. The fourth-order valence-electron chi connectivity index (χ4n) is 3.27. The van der Waals surface area contributed by atoms with E-state index in [0.29, 0.717) is 13.1 Å². The van der Waals surface area contributed by atoms with Crippen molar-refractivity contribution in [2.24, 2.45) is 11.1 Å². The fraction of sp³-hybridized carbons (Fsp3) is 0.941. The Bertz CT molecular complexity index is 306. The zero-order valence-electron chi connectivity index (χ0n) is 14.6. The Balaban J connectivity index is 0.00000441. The molecule has 0 radical (unpaired) electrons. The van der Waals surface area contributed by atoms with Crippen LogP contribution in [-0.4, -0.2) is 31.2 Å². The van der Waals surface area contributed by atoms with E-state index in [1.807, 2.05) is 13.8 Å². The molecule has 1 aliphatic carbocycles. The van der Waals surface area contributed by atoms with Gasteiger partial charge in [0.25, 0.3) is 0 Å². The normalized spacial score (nSPS) is 17.6. The SMILES string of the molecule is CCCOC1(CNC(=O)C(CC)(CC)CN)CCCCC1.Cl. The van der Waals surface area contributed by atoms with E-state index in [1.165, 1.54) is 19.3 Å². The maximum absolute atomic E-state index is 12.6. The standard InChI is InChI=1S/C17H34N2O2.ClH/c1-4-12-21-17(10-8-7-9-11-17)14-19-15(20)16(5-2,6-3)13-18;/h4-14,18H2,1-3H3,(H,19,20);1H. The molecular weight excluding hydrogens is 300 g/mol. The molecule has 1 amide bonds. The second-order valence-electron chi connectivity index (χ2n) is 6.47. The van der Waals surface area contributed by atoms with E-state index in [2.05, 4.69) is 12.2 Å². The molecule has 1 aliphatic rings. The van der Waals surface area contributed by atoms with Crippen molar-refractivity contribution < 1.29 is 9.53 Å². The van der Waals surface area contributed by atoms with E-state index in [9.17, 15) is 4.79 Å². The van der Waals surface area contributed by atoms with Crippen LogP contribution in [0.5, 0.6) is 0 Å². The predicted molar refractivity (Wildman–Crippen MR) is 94.4 cm³/mol. The molecule has 0 heterocycles. The highest BCUT2D eigenvalue weighted by atomic mass is 35.5. The first-order chi connectivity index (χ1) is 10.1. The van der Waals surface area contributed by atoms with Gasteiger partial charge in [-0.15, -0.1) is 12.4 Å². The van der Waals surface area contributed by atoms with Crippen molar-refractivity contribution in [1.82, 2.24) is 5.32 Å². The predicted octanol–water partition coefficient (Wildman–Crippen LogP) is 3.42. The maximum atomic E-state index is 12.6. The van der Waals surface area contributed by atoms with Crippen molar-refractivity contribution >= 4 is 18.3 Å². The first-order valence-corrected chi connectivity index (χ1v) is 8.70. The summed E-state index contributed by atoms with van der Waals surface area (Å²) in [4.78, 5) is 12.6. The Hall–Kier alpha value is -0.320. The molecule has 132 valence electrons. The number of halogens is 1. The lowest BCUT2D eigenvalue weighted by molar-refractivity contribution is -0.134. The lowest BCUT2D eigenvalue weighted by Gasteiger charge is -2.39. The second-order valence-corrected chi connectivity index (χ2v) is 6.47. The number of rotatable bonds is 9. The quantitative estimate of drug-likeness (QED) is 0.679. The molecule has 0 aromatic carbocycles. The van der Waals surface area contributed by atoms with Gasteiger partial charge in [-0.3, -0.25) is 4.79 Å². The van der Waals surface area contributed by atoms with Crippen molar-refractivity contribution in [3.63, 3.8) is 0 Å². The molecule has 4 nitrogen and oxygen atoms in total. The fourth-order valence-corrected chi connectivity index (χ4v) is 3.27. The van der Waals surface area contributed by atoms with Gasteiger partial charge in [-0.25, -0.2) is 0 Å². The third-order valence-corrected chi connectivity index (χ3v) is 5.17. The van der Waals surface area contributed by atoms with Crippen molar-refractivity contribution in [1.29, 1.82) is 0 Å². The van der Waals surface area contributed by atoms with E-state index in [4.69, 9.17) is 10.5 Å². The molecule has 1 saturated carbocycles. The van der Waals surface area contributed by atoms with Crippen LogP contribution in [0.4, 0.5) is 0 Å². The molecular formula is C17H35ClN2O2. The van der Waals surface area contributed by atoms with Crippen LogP contribution < -0.4 is 11.1 Å². The van der Waals surface area contributed by atoms with E-state index >= 15 is 0 Å². The Morgan fingerprint density at radius 2 is 1.77 bits per heavy atom. The van der Waals surface area contributed by atoms with Crippen molar-refractivity contribution in [2.75, 3.05) is 19.7 Å². The van der Waals surface area contributed by atoms with Crippen molar-refractivity contribution in [3.05, 3.63) is 0 Å². The van der Waals surface area contributed by atoms with Gasteiger partial charge in [-0.05, 0) is 32.1 Å². The highest BCUT2D eigenvalue weighted by Gasteiger charge is 2.37.